The molecule has 21 heavy (non-hydrogen) atoms. The molecule has 1 aliphatic rings. The van der Waals surface area contributed by atoms with Crippen molar-refractivity contribution in [3.05, 3.63) is 28.2 Å². The number of carbonyl (C=O) groups is 2. The molecule has 2 rings (SSSR count). The largest absolute Gasteiger partial charge is 0.497 e. The number of amides is 1. The molecule has 1 N–H and O–H groups in total. The number of ether oxygens (including phenoxy) is 1. The zero-order valence-electron chi connectivity index (χ0n) is 12.0. The molecule has 1 saturated heterocycles. The average molecular weight is 356 g/mol. The van der Waals surface area contributed by atoms with E-state index >= 15 is 0 Å². The number of carbonyl (C=O) groups excluding carboxylic acids is 1. The van der Waals surface area contributed by atoms with Gasteiger partial charge in [-0.25, -0.2) is 4.79 Å². The lowest BCUT2D eigenvalue weighted by molar-refractivity contribution is -0.145. The van der Waals surface area contributed by atoms with Crippen molar-refractivity contribution in [2.45, 2.75) is 25.8 Å². The highest BCUT2D eigenvalue weighted by molar-refractivity contribution is 9.10. The fraction of sp³-hybridized carbons (Fsp3) is 0.467. The van der Waals surface area contributed by atoms with Crippen molar-refractivity contribution in [1.82, 2.24) is 4.90 Å². The van der Waals surface area contributed by atoms with E-state index in [4.69, 9.17) is 4.74 Å². The minimum Gasteiger partial charge on any atom is -0.497 e. The summed E-state index contributed by atoms with van der Waals surface area (Å²) in [4.78, 5) is 25.7. The van der Waals surface area contributed by atoms with E-state index in [2.05, 4.69) is 15.9 Å². The standard InChI is InChI=1S/C15H18BrNO4/c1-9-4-3-7-17(13(9)15(19)20)14(18)11-8-10(21-2)5-6-12(11)16/h5-6,8-9,13H,3-4,7H2,1-2H3,(H,19,20). The Bertz CT molecular complexity index is 561. The van der Waals surface area contributed by atoms with Crippen LogP contribution in [0, 0.1) is 5.92 Å². The Morgan fingerprint density at radius 3 is 2.76 bits per heavy atom. The fourth-order valence-corrected chi connectivity index (χ4v) is 3.16. The summed E-state index contributed by atoms with van der Waals surface area (Å²) in [6.45, 7) is 2.34. The van der Waals surface area contributed by atoms with Crippen molar-refractivity contribution in [3.8, 4) is 5.75 Å². The highest BCUT2D eigenvalue weighted by Gasteiger charge is 2.37. The van der Waals surface area contributed by atoms with Crippen molar-refractivity contribution in [2.24, 2.45) is 5.92 Å². The third-order valence-corrected chi connectivity index (χ3v) is 4.54. The van der Waals surface area contributed by atoms with Crippen LogP contribution in [-0.4, -0.2) is 41.6 Å². The lowest BCUT2D eigenvalue weighted by Crippen LogP contribution is -2.52. The molecule has 1 aliphatic heterocycles. The lowest BCUT2D eigenvalue weighted by atomic mass is 9.90. The molecule has 1 aromatic rings. The van der Waals surface area contributed by atoms with Gasteiger partial charge in [-0.05, 0) is 52.9 Å². The van der Waals surface area contributed by atoms with Crippen LogP contribution in [0.25, 0.3) is 0 Å². The fourth-order valence-electron chi connectivity index (χ4n) is 2.74. The highest BCUT2D eigenvalue weighted by atomic mass is 79.9. The number of nitrogens with zero attached hydrogens (tertiary/aromatic N) is 1. The summed E-state index contributed by atoms with van der Waals surface area (Å²) in [7, 11) is 1.53. The van der Waals surface area contributed by atoms with Gasteiger partial charge in [0.2, 0.25) is 0 Å². The minimum atomic E-state index is -0.949. The van der Waals surface area contributed by atoms with Crippen LogP contribution in [0.5, 0.6) is 5.75 Å². The van der Waals surface area contributed by atoms with Crippen LogP contribution in [-0.2, 0) is 4.79 Å². The molecule has 2 atom stereocenters. The van der Waals surface area contributed by atoms with Crippen molar-refractivity contribution in [1.29, 1.82) is 0 Å². The van der Waals surface area contributed by atoms with Gasteiger partial charge in [-0.3, -0.25) is 4.79 Å². The molecule has 5 nitrogen and oxygen atoms in total. The Morgan fingerprint density at radius 2 is 2.14 bits per heavy atom. The van der Waals surface area contributed by atoms with Gasteiger partial charge in [0.15, 0.2) is 0 Å². The zero-order chi connectivity index (χ0) is 15.6. The minimum absolute atomic E-state index is 0.0513. The molecule has 1 heterocycles. The van der Waals surface area contributed by atoms with Gasteiger partial charge in [0.25, 0.3) is 5.91 Å². The molecule has 114 valence electrons. The molecule has 1 amide bonds. The lowest BCUT2D eigenvalue weighted by Gasteiger charge is -2.37. The number of hydrogen-bond donors (Lipinski definition) is 1. The molecule has 2 unspecified atom stereocenters. The van der Waals surface area contributed by atoms with E-state index in [1.807, 2.05) is 6.92 Å². The first-order chi connectivity index (χ1) is 9.95. The number of carboxylic acid groups (broad SMARTS) is 1. The summed E-state index contributed by atoms with van der Waals surface area (Å²) >= 11 is 3.35. The van der Waals surface area contributed by atoms with E-state index in [0.717, 1.165) is 12.8 Å². The SMILES string of the molecule is COc1ccc(Br)c(C(=O)N2CCCC(C)C2C(=O)O)c1. The van der Waals surface area contributed by atoms with Crippen LogP contribution in [0.2, 0.25) is 0 Å². The van der Waals surface area contributed by atoms with Gasteiger partial charge in [-0.2, -0.15) is 0 Å². The predicted molar refractivity (Wildman–Crippen MR) is 81.6 cm³/mol. The van der Waals surface area contributed by atoms with E-state index in [0.29, 0.717) is 22.3 Å². The van der Waals surface area contributed by atoms with Crippen molar-refractivity contribution < 1.29 is 19.4 Å². The van der Waals surface area contributed by atoms with Crippen LogP contribution >= 0.6 is 15.9 Å². The number of likely N-dealkylation sites (tertiary alicyclic amines) is 1. The van der Waals surface area contributed by atoms with Crippen LogP contribution in [0.3, 0.4) is 0 Å². The molecular formula is C15H18BrNO4. The number of benzene rings is 1. The number of carboxylic acids is 1. The maximum atomic E-state index is 12.7. The molecule has 1 fully saturated rings. The highest BCUT2D eigenvalue weighted by Crippen LogP contribution is 2.29. The van der Waals surface area contributed by atoms with Gasteiger partial charge in [0.1, 0.15) is 11.8 Å². The third-order valence-electron chi connectivity index (χ3n) is 3.85. The normalized spacial score (nSPS) is 22.0. The van der Waals surface area contributed by atoms with Crippen LogP contribution in [0.1, 0.15) is 30.1 Å². The summed E-state index contributed by atoms with van der Waals surface area (Å²) < 4.78 is 5.77. The first kappa shape index (κ1) is 15.8. The first-order valence-corrected chi connectivity index (χ1v) is 7.62. The number of rotatable bonds is 3. The summed E-state index contributed by atoms with van der Waals surface area (Å²) in [5, 5.41) is 9.41. The number of piperidine rings is 1. The zero-order valence-corrected chi connectivity index (χ0v) is 13.6. The topological polar surface area (TPSA) is 66.8 Å². The van der Waals surface area contributed by atoms with Crippen molar-refractivity contribution in [2.75, 3.05) is 13.7 Å². The van der Waals surface area contributed by atoms with E-state index in [9.17, 15) is 14.7 Å². The Kier molecular flexibility index (Phi) is 4.88. The molecule has 0 radical (unpaired) electrons. The second-order valence-corrected chi connectivity index (χ2v) is 6.10. The predicted octanol–water partition coefficient (Wildman–Crippen LogP) is 2.78. The van der Waals surface area contributed by atoms with Gasteiger partial charge in [0.05, 0.1) is 12.7 Å². The summed E-state index contributed by atoms with van der Waals surface area (Å²) in [6, 6.07) is 4.33. The number of methoxy groups -OCH3 is 1. The molecule has 0 saturated carbocycles. The molecule has 0 aromatic heterocycles. The Labute approximate surface area is 132 Å². The van der Waals surface area contributed by atoms with Gasteiger partial charge < -0.3 is 14.7 Å². The number of hydrogen-bond acceptors (Lipinski definition) is 3. The Hall–Kier alpha value is -1.56. The van der Waals surface area contributed by atoms with Crippen LogP contribution < -0.4 is 4.74 Å². The van der Waals surface area contributed by atoms with Crippen molar-refractivity contribution in [3.63, 3.8) is 0 Å². The third kappa shape index (κ3) is 3.20. The summed E-state index contributed by atoms with van der Waals surface area (Å²) in [6.07, 6.45) is 1.64. The second-order valence-electron chi connectivity index (χ2n) is 5.25. The summed E-state index contributed by atoms with van der Waals surface area (Å²) in [5.41, 5.74) is 0.426. The van der Waals surface area contributed by atoms with E-state index in [-0.39, 0.29) is 11.8 Å². The molecule has 0 bridgehead atoms. The van der Waals surface area contributed by atoms with E-state index in [1.165, 1.54) is 12.0 Å². The molecule has 0 spiro atoms. The maximum Gasteiger partial charge on any atom is 0.326 e. The number of aliphatic carboxylic acids is 1. The quantitative estimate of drug-likeness (QED) is 0.905. The molecule has 1 aromatic carbocycles. The van der Waals surface area contributed by atoms with Crippen molar-refractivity contribution >= 4 is 27.8 Å². The van der Waals surface area contributed by atoms with Gasteiger partial charge in [-0.15, -0.1) is 0 Å². The summed E-state index contributed by atoms with van der Waals surface area (Å²) in [5.74, 6) is -0.711. The Morgan fingerprint density at radius 1 is 1.43 bits per heavy atom. The van der Waals surface area contributed by atoms with Gasteiger partial charge in [-0.1, -0.05) is 6.92 Å². The van der Waals surface area contributed by atoms with Gasteiger partial charge in [0, 0.05) is 11.0 Å². The molecular weight excluding hydrogens is 338 g/mol. The van der Waals surface area contributed by atoms with E-state index < -0.39 is 12.0 Å². The average Bonchev–Trinajstić information content (AvgIpc) is 2.46. The van der Waals surface area contributed by atoms with Gasteiger partial charge >= 0.3 is 5.97 Å². The molecule has 0 aliphatic carbocycles. The molecule has 6 heteroatoms. The first-order valence-electron chi connectivity index (χ1n) is 6.83. The van der Waals surface area contributed by atoms with Crippen LogP contribution in [0.4, 0.5) is 0 Å². The maximum absolute atomic E-state index is 12.7. The number of halogens is 1. The van der Waals surface area contributed by atoms with E-state index in [1.54, 1.807) is 18.2 Å². The Balaban J connectivity index is 2.35. The smallest absolute Gasteiger partial charge is 0.326 e. The second kappa shape index (κ2) is 6.47. The monoisotopic (exact) mass is 355 g/mol. The van der Waals surface area contributed by atoms with Crippen LogP contribution in [0.15, 0.2) is 22.7 Å².